The molecule has 8 heteroatoms. The van der Waals surface area contributed by atoms with Crippen LogP contribution < -0.4 is 10.1 Å². The van der Waals surface area contributed by atoms with Crippen LogP contribution in [0.15, 0.2) is 77.2 Å². The Balaban J connectivity index is 1.19. The van der Waals surface area contributed by atoms with Gasteiger partial charge >= 0.3 is 5.97 Å². The van der Waals surface area contributed by atoms with Crippen LogP contribution in [-0.4, -0.2) is 41.3 Å². The third-order valence-corrected chi connectivity index (χ3v) is 6.88. The molecule has 4 aromatic rings. The van der Waals surface area contributed by atoms with Crippen LogP contribution in [0, 0.1) is 6.92 Å². The average molecular weight is 557 g/mol. The van der Waals surface area contributed by atoms with E-state index in [4.69, 9.17) is 28.7 Å². The highest BCUT2D eigenvalue weighted by molar-refractivity contribution is 5.68. The van der Waals surface area contributed by atoms with Crippen molar-refractivity contribution in [2.45, 2.75) is 65.2 Å². The molecule has 0 saturated carbocycles. The molecule has 1 saturated heterocycles. The third kappa shape index (κ3) is 7.82. The van der Waals surface area contributed by atoms with Gasteiger partial charge in [0.25, 0.3) is 0 Å². The topological polar surface area (TPSA) is 106 Å². The largest absolute Gasteiger partial charge is 0.493 e. The highest BCUT2D eigenvalue weighted by Crippen LogP contribution is 2.27. The van der Waals surface area contributed by atoms with Gasteiger partial charge in [0.1, 0.15) is 11.5 Å². The van der Waals surface area contributed by atoms with Gasteiger partial charge in [0, 0.05) is 24.9 Å². The van der Waals surface area contributed by atoms with Crippen LogP contribution >= 0.6 is 0 Å². The second-order valence-corrected chi connectivity index (χ2v) is 10.4. The summed E-state index contributed by atoms with van der Waals surface area (Å²) in [5.74, 6) is 1.25. The van der Waals surface area contributed by atoms with Crippen LogP contribution in [0.2, 0.25) is 0 Å². The van der Waals surface area contributed by atoms with Crippen LogP contribution in [0.5, 0.6) is 5.75 Å². The summed E-state index contributed by atoms with van der Waals surface area (Å²) in [6, 6.07) is 24.2. The summed E-state index contributed by atoms with van der Waals surface area (Å²) in [7, 11) is 0. The van der Waals surface area contributed by atoms with Crippen molar-refractivity contribution >= 4 is 5.97 Å². The van der Waals surface area contributed by atoms with Gasteiger partial charge in [-0.3, -0.25) is 10.1 Å². The molecule has 1 aliphatic rings. The van der Waals surface area contributed by atoms with E-state index in [1.165, 1.54) is 5.56 Å². The van der Waals surface area contributed by atoms with Crippen LogP contribution in [-0.2, 0) is 33.7 Å². The first kappa shape index (κ1) is 28.5. The Morgan fingerprint density at radius 1 is 0.976 bits per heavy atom. The van der Waals surface area contributed by atoms with Crippen LogP contribution in [0.3, 0.4) is 0 Å². The summed E-state index contributed by atoms with van der Waals surface area (Å²) in [5, 5.41) is 12.5. The van der Waals surface area contributed by atoms with Crippen molar-refractivity contribution in [3.8, 4) is 28.3 Å². The van der Waals surface area contributed by atoms with E-state index >= 15 is 0 Å². The molecule has 0 aliphatic carbocycles. The molecule has 3 aromatic carbocycles. The number of hydrogen-bond acceptors (Lipinski definition) is 7. The SMILES string of the molecule is Cc1oc(-c2ccc(-c3ccccc3)cc2)nc1CCOc1ccc(CCC(=O)O)c(CNC2OC2OC(C)C)c1. The van der Waals surface area contributed by atoms with Gasteiger partial charge in [-0.1, -0.05) is 48.5 Å². The van der Waals surface area contributed by atoms with E-state index in [1.807, 2.05) is 69.3 Å². The molecule has 41 heavy (non-hydrogen) atoms. The van der Waals surface area contributed by atoms with Gasteiger partial charge < -0.3 is 23.7 Å². The minimum absolute atomic E-state index is 0.0645. The molecular weight excluding hydrogens is 520 g/mol. The highest BCUT2D eigenvalue weighted by Gasteiger charge is 2.40. The van der Waals surface area contributed by atoms with E-state index in [2.05, 4.69) is 29.6 Å². The van der Waals surface area contributed by atoms with Gasteiger partial charge in [-0.25, -0.2) is 4.98 Å². The average Bonchev–Trinajstić information content (AvgIpc) is 3.60. The number of nitrogens with zero attached hydrogens (tertiary/aromatic N) is 1. The Hall–Kier alpha value is -3.98. The van der Waals surface area contributed by atoms with Gasteiger partial charge in [-0.15, -0.1) is 0 Å². The van der Waals surface area contributed by atoms with Crippen molar-refractivity contribution in [2.75, 3.05) is 6.61 Å². The number of carboxylic acid groups (broad SMARTS) is 1. The summed E-state index contributed by atoms with van der Waals surface area (Å²) >= 11 is 0. The fourth-order valence-corrected chi connectivity index (χ4v) is 4.65. The van der Waals surface area contributed by atoms with Gasteiger partial charge in [0.05, 0.1) is 18.4 Å². The monoisotopic (exact) mass is 556 g/mol. The van der Waals surface area contributed by atoms with Crippen LogP contribution in [0.25, 0.3) is 22.6 Å². The molecule has 214 valence electrons. The summed E-state index contributed by atoms with van der Waals surface area (Å²) in [6.07, 6.45) is 0.754. The molecule has 1 fully saturated rings. The lowest BCUT2D eigenvalue weighted by molar-refractivity contribution is -0.136. The molecule has 0 radical (unpaired) electrons. The second kappa shape index (κ2) is 13.1. The zero-order chi connectivity index (χ0) is 28.8. The molecule has 2 N–H and O–H groups in total. The number of hydrogen-bond donors (Lipinski definition) is 2. The van der Waals surface area contributed by atoms with Crippen molar-refractivity contribution in [1.82, 2.24) is 10.3 Å². The van der Waals surface area contributed by atoms with Gasteiger partial charge in [-0.05, 0) is 73.7 Å². The molecule has 0 spiro atoms. The third-order valence-electron chi connectivity index (χ3n) is 6.88. The standard InChI is InChI=1S/C33H36N2O6/c1-21(2)39-33-32(41-33)34-20-27-19-28(15-13-25(27)14-16-30(36)37)38-18-17-29-22(3)40-31(35-29)26-11-9-24(10-12-26)23-7-5-4-6-8-23/h4-13,15,19,21,32-34H,14,16-18,20H2,1-3H3,(H,36,37). The van der Waals surface area contributed by atoms with E-state index in [9.17, 15) is 4.79 Å². The smallest absolute Gasteiger partial charge is 0.303 e. The van der Waals surface area contributed by atoms with E-state index in [1.54, 1.807) is 0 Å². The first-order chi connectivity index (χ1) is 19.9. The number of ether oxygens (including phenoxy) is 3. The number of carboxylic acids is 1. The number of nitrogens with one attached hydrogen (secondary N) is 1. The first-order valence-electron chi connectivity index (χ1n) is 14.0. The number of benzene rings is 3. The molecule has 5 rings (SSSR count). The Morgan fingerprint density at radius 2 is 1.71 bits per heavy atom. The Bertz CT molecular complexity index is 1450. The number of epoxide rings is 1. The molecule has 2 heterocycles. The number of rotatable bonds is 14. The Morgan fingerprint density at radius 3 is 2.44 bits per heavy atom. The van der Waals surface area contributed by atoms with Crippen molar-refractivity contribution < 1.29 is 28.5 Å². The number of aryl methyl sites for hydroxylation is 2. The van der Waals surface area contributed by atoms with E-state index < -0.39 is 5.97 Å². The van der Waals surface area contributed by atoms with Crippen LogP contribution in [0.4, 0.5) is 0 Å². The lowest BCUT2D eigenvalue weighted by Gasteiger charge is -2.13. The van der Waals surface area contributed by atoms with Crippen molar-refractivity contribution in [1.29, 1.82) is 0 Å². The van der Waals surface area contributed by atoms with E-state index in [-0.39, 0.29) is 25.0 Å². The number of oxazole rings is 1. The van der Waals surface area contributed by atoms with E-state index in [0.29, 0.717) is 37.6 Å². The summed E-state index contributed by atoms with van der Waals surface area (Å²) in [5.41, 5.74) is 6.03. The zero-order valence-corrected chi connectivity index (χ0v) is 23.6. The van der Waals surface area contributed by atoms with Gasteiger partial charge in [0.15, 0.2) is 12.5 Å². The highest BCUT2D eigenvalue weighted by atomic mass is 16.8. The molecule has 2 atom stereocenters. The minimum Gasteiger partial charge on any atom is -0.493 e. The molecule has 0 amide bonds. The number of carbonyl (C=O) groups is 1. The summed E-state index contributed by atoms with van der Waals surface area (Å²) in [6.45, 7) is 6.80. The molecule has 1 aromatic heterocycles. The number of aliphatic carboxylic acids is 1. The molecule has 2 unspecified atom stereocenters. The lowest BCUT2D eigenvalue weighted by atomic mass is 10.0. The maximum Gasteiger partial charge on any atom is 0.303 e. The quantitative estimate of drug-likeness (QED) is 0.178. The van der Waals surface area contributed by atoms with Crippen LogP contribution in [0.1, 0.15) is 42.8 Å². The van der Waals surface area contributed by atoms with Crippen molar-refractivity contribution in [3.63, 3.8) is 0 Å². The Kier molecular flexibility index (Phi) is 9.14. The van der Waals surface area contributed by atoms with E-state index in [0.717, 1.165) is 33.7 Å². The fraction of sp³-hybridized carbons (Fsp3) is 0.333. The van der Waals surface area contributed by atoms with Gasteiger partial charge in [0.2, 0.25) is 5.89 Å². The molecular formula is C33H36N2O6. The van der Waals surface area contributed by atoms with Crippen molar-refractivity contribution in [2.24, 2.45) is 0 Å². The zero-order valence-electron chi connectivity index (χ0n) is 23.6. The maximum absolute atomic E-state index is 11.2. The predicted octanol–water partition coefficient (Wildman–Crippen LogP) is 6.15. The minimum atomic E-state index is -0.824. The second-order valence-electron chi connectivity index (χ2n) is 10.4. The Labute approximate surface area is 240 Å². The first-order valence-corrected chi connectivity index (χ1v) is 14.0. The molecule has 1 aliphatic heterocycles. The molecule has 0 bridgehead atoms. The fourth-order valence-electron chi connectivity index (χ4n) is 4.65. The van der Waals surface area contributed by atoms with Gasteiger partial charge in [-0.2, -0.15) is 0 Å². The molecule has 8 nitrogen and oxygen atoms in total. The summed E-state index contributed by atoms with van der Waals surface area (Å²) < 4.78 is 23.2. The number of aromatic nitrogens is 1. The maximum atomic E-state index is 11.2. The predicted molar refractivity (Wildman–Crippen MR) is 155 cm³/mol. The van der Waals surface area contributed by atoms with Crippen molar-refractivity contribution in [3.05, 3.63) is 95.4 Å². The lowest BCUT2D eigenvalue weighted by Crippen LogP contribution is -2.22. The normalized spacial score (nSPS) is 16.2. The summed E-state index contributed by atoms with van der Waals surface area (Å²) in [4.78, 5) is 15.9.